The van der Waals surface area contributed by atoms with Crippen molar-refractivity contribution in [1.82, 2.24) is 10.3 Å². The molecule has 0 aliphatic carbocycles. The summed E-state index contributed by atoms with van der Waals surface area (Å²) in [5.41, 5.74) is 2.66. The second kappa shape index (κ2) is 12.7. The van der Waals surface area contributed by atoms with Crippen LogP contribution in [0.4, 0.5) is 10.6 Å². The number of aromatic nitrogens is 1. The van der Waals surface area contributed by atoms with Gasteiger partial charge in [0.05, 0.1) is 12.8 Å². The van der Waals surface area contributed by atoms with Gasteiger partial charge in [-0.1, -0.05) is 50.1 Å². The SMILES string of the molecule is CCCCCNC(=O)N(C)c1cccc(-c2ccc(C[C@H](OCC)C(=O)OC)cc2)n1. The molecule has 1 N–H and O–H groups in total. The third kappa shape index (κ3) is 7.36. The van der Waals surface area contributed by atoms with E-state index in [2.05, 4.69) is 17.2 Å². The van der Waals surface area contributed by atoms with Crippen LogP contribution in [0.2, 0.25) is 0 Å². The van der Waals surface area contributed by atoms with Crippen molar-refractivity contribution in [2.24, 2.45) is 0 Å². The number of unbranched alkanes of at least 4 members (excludes halogenated alkanes) is 2. The van der Waals surface area contributed by atoms with Crippen LogP contribution in [0.15, 0.2) is 42.5 Å². The molecular formula is C24H33N3O4. The molecule has 7 nitrogen and oxygen atoms in total. The monoisotopic (exact) mass is 427 g/mol. The molecule has 0 saturated carbocycles. The number of rotatable bonds is 11. The summed E-state index contributed by atoms with van der Waals surface area (Å²) in [6.07, 6.45) is 3.00. The molecule has 1 heterocycles. The summed E-state index contributed by atoms with van der Waals surface area (Å²) < 4.78 is 10.3. The van der Waals surface area contributed by atoms with Gasteiger partial charge >= 0.3 is 12.0 Å². The van der Waals surface area contributed by atoms with Crippen LogP contribution in [0.5, 0.6) is 0 Å². The molecule has 0 bridgehead atoms. The molecule has 1 atom stereocenters. The molecule has 0 saturated heterocycles. The molecule has 2 aromatic rings. The normalized spacial score (nSPS) is 11.6. The van der Waals surface area contributed by atoms with E-state index in [1.165, 1.54) is 12.0 Å². The molecule has 0 spiro atoms. The van der Waals surface area contributed by atoms with Crippen molar-refractivity contribution in [3.8, 4) is 11.3 Å². The van der Waals surface area contributed by atoms with Gasteiger partial charge in [-0.2, -0.15) is 0 Å². The Balaban J connectivity index is 2.06. The van der Waals surface area contributed by atoms with Crippen LogP contribution in [-0.2, 0) is 20.7 Å². The minimum Gasteiger partial charge on any atom is -0.467 e. The molecule has 2 rings (SSSR count). The molecular weight excluding hydrogens is 394 g/mol. The van der Waals surface area contributed by atoms with Gasteiger partial charge in [0.2, 0.25) is 0 Å². The Labute approximate surface area is 184 Å². The molecule has 7 heteroatoms. The number of carbonyl (C=O) groups is 2. The number of esters is 1. The van der Waals surface area contributed by atoms with Gasteiger partial charge in [0, 0.05) is 32.2 Å². The maximum absolute atomic E-state index is 12.4. The summed E-state index contributed by atoms with van der Waals surface area (Å²) in [7, 11) is 3.07. The second-order valence-electron chi connectivity index (χ2n) is 7.25. The standard InChI is InChI=1S/C24H33N3O4/c1-5-7-8-16-25-24(29)27(3)22-11-9-10-20(26-22)19-14-12-18(13-15-19)17-21(31-6-2)23(28)30-4/h9-15,21H,5-8,16-17H2,1-4H3,(H,25,29)/t21-/m0/s1. The topological polar surface area (TPSA) is 80.8 Å². The third-order valence-electron chi connectivity index (χ3n) is 4.94. The van der Waals surface area contributed by atoms with Crippen LogP contribution in [0, 0.1) is 0 Å². The molecule has 0 aliphatic rings. The molecule has 1 aromatic carbocycles. The largest absolute Gasteiger partial charge is 0.467 e. The number of pyridine rings is 1. The third-order valence-corrected chi connectivity index (χ3v) is 4.94. The van der Waals surface area contributed by atoms with Gasteiger partial charge < -0.3 is 14.8 Å². The van der Waals surface area contributed by atoms with Gasteiger partial charge in [-0.25, -0.2) is 14.6 Å². The van der Waals surface area contributed by atoms with Crippen molar-refractivity contribution in [3.63, 3.8) is 0 Å². The zero-order valence-electron chi connectivity index (χ0n) is 18.9. The highest BCUT2D eigenvalue weighted by Gasteiger charge is 2.20. The van der Waals surface area contributed by atoms with Crippen LogP contribution >= 0.6 is 0 Å². The van der Waals surface area contributed by atoms with E-state index in [4.69, 9.17) is 9.47 Å². The second-order valence-corrected chi connectivity index (χ2v) is 7.25. The summed E-state index contributed by atoms with van der Waals surface area (Å²) in [6, 6.07) is 13.2. The predicted molar refractivity (Wildman–Crippen MR) is 122 cm³/mol. The summed E-state index contributed by atoms with van der Waals surface area (Å²) in [5.74, 6) is 0.202. The Morgan fingerprint density at radius 2 is 1.84 bits per heavy atom. The molecule has 0 unspecified atom stereocenters. The predicted octanol–water partition coefficient (Wildman–Crippen LogP) is 4.21. The van der Waals surface area contributed by atoms with Crippen molar-refractivity contribution in [3.05, 3.63) is 48.0 Å². The summed E-state index contributed by atoms with van der Waals surface area (Å²) in [6.45, 7) is 5.08. The Kier molecular flexibility index (Phi) is 9.97. The first-order valence-electron chi connectivity index (χ1n) is 10.8. The number of nitrogens with zero attached hydrogens (tertiary/aromatic N) is 2. The lowest BCUT2D eigenvalue weighted by atomic mass is 10.0. The number of urea groups is 1. The van der Waals surface area contributed by atoms with Crippen LogP contribution in [0.25, 0.3) is 11.3 Å². The minimum atomic E-state index is -0.619. The Morgan fingerprint density at radius 1 is 1.10 bits per heavy atom. The Bertz CT molecular complexity index is 839. The average Bonchev–Trinajstić information content (AvgIpc) is 2.81. The van der Waals surface area contributed by atoms with E-state index in [0.717, 1.165) is 36.1 Å². The number of hydrogen-bond donors (Lipinski definition) is 1. The highest BCUT2D eigenvalue weighted by atomic mass is 16.6. The Morgan fingerprint density at radius 3 is 2.48 bits per heavy atom. The minimum absolute atomic E-state index is 0.166. The highest BCUT2D eigenvalue weighted by molar-refractivity contribution is 5.90. The zero-order valence-corrected chi connectivity index (χ0v) is 18.9. The van der Waals surface area contributed by atoms with Crippen molar-refractivity contribution in [2.45, 2.75) is 45.6 Å². The fourth-order valence-corrected chi connectivity index (χ4v) is 3.13. The van der Waals surface area contributed by atoms with Crippen molar-refractivity contribution >= 4 is 17.8 Å². The summed E-state index contributed by atoms with van der Waals surface area (Å²) >= 11 is 0. The molecule has 1 aromatic heterocycles. The van der Waals surface area contributed by atoms with E-state index >= 15 is 0 Å². The van der Waals surface area contributed by atoms with Crippen LogP contribution < -0.4 is 10.2 Å². The van der Waals surface area contributed by atoms with Gasteiger partial charge in [0.25, 0.3) is 0 Å². The van der Waals surface area contributed by atoms with Crippen molar-refractivity contribution in [1.29, 1.82) is 0 Å². The first-order valence-corrected chi connectivity index (χ1v) is 10.8. The first-order chi connectivity index (χ1) is 15.0. The maximum atomic E-state index is 12.4. The number of ether oxygens (including phenoxy) is 2. The number of hydrogen-bond acceptors (Lipinski definition) is 5. The zero-order chi connectivity index (χ0) is 22.6. The lowest BCUT2D eigenvalue weighted by Gasteiger charge is -2.18. The number of benzene rings is 1. The van der Waals surface area contributed by atoms with E-state index in [1.807, 2.05) is 49.4 Å². The fourth-order valence-electron chi connectivity index (χ4n) is 3.13. The fraction of sp³-hybridized carbons (Fsp3) is 0.458. The molecule has 0 aliphatic heterocycles. The van der Waals surface area contributed by atoms with Gasteiger partial charge in [-0.3, -0.25) is 4.90 Å². The van der Waals surface area contributed by atoms with Gasteiger partial charge in [0.15, 0.2) is 6.10 Å². The quantitative estimate of drug-likeness (QED) is 0.429. The molecule has 2 amide bonds. The van der Waals surface area contributed by atoms with Crippen LogP contribution in [0.3, 0.4) is 0 Å². The maximum Gasteiger partial charge on any atom is 0.335 e. The smallest absolute Gasteiger partial charge is 0.335 e. The Hall–Kier alpha value is -2.93. The molecule has 0 radical (unpaired) electrons. The van der Waals surface area contributed by atoms with Crippen molar-refractivity contribution in [2.75, 3.05) is 32.2 Å². The van der Waals surface area contributed by atoms with E-state index in [-0.39, 0.29) is 12.0 Å². The van der Waals surface area contributed by atoms with E-state index in [0.29, 0.717) is 25.4 Å². The van der Waals surface area contributed by atoms with Crippen molar-refractivity contribution < 1.29 is 19.1 Å². The van der Waals surface area contributed by atoms with E-state index in [1.54, 1.807) is 7.05 Å². The summed E-state index contributed by atoms with van der Waals surface area (Å²) in [4.78, 5) is 30.4. The van der Waals surface area contributed by atoms with Crippen LogP contribution in [-0.4, -0.2) is 50.4 Å². The van der Waals surface area contributed by atoms with Gasteiger partial charge in [-0.05, 0) is 31.0 Å². The van der Waals surface area contributed by atoms with Gasteiger partial charge in [-0.15, -0.1) is 0 Å². The number of anilines is 1. The summed E-state index contributed by atoms with van der Waals surface area (Å²) in [5, 5.41) is 2.92. The lowest BCUT2D eigenvalue weighted by Crippen LogP contribution is -2.38. The van der Waals surface area contributed by atoms with Gasteiger partial charge in [0.1, 0.15) is 5.82 Å². The first kappa shape index (κ1) is 24.3. The lowest BCUT2D eigenvalue weighted by molar-refractivity contribution is -0.153. The van der Waals surface area contributed by atoms with Crippen LogP contribution in [0.1, 0.15) is 38.7 Å². The highest BCUT2D eigenvalue weighted by Crippen LogP contribution is 2.21. The number of carbonyl (C=O) groups excluding carboxylic acids is 2. The number of methoxy groups -OCH3 is 1. The average molecular weight is 428 g/mol. The molecule has 31 heavy (non-hydrogen) atoms. The molecule has 0 fully saturated rings. The number of nitrogens with one attached hydrogen (secondary N) is 1. The number of amides is 2. The molecule has 168 valence electrons. The van der Waals surface area contributed by atoms with E-state index in [9.17, 15) is 9.59 Å². The van der Waals surface area contributed by atoms with E-state index < -0.39 is 6.10 Å².